The van der Waals surface area contributed by atoms with Crippen LogP contribution in [-0.2, 0) is 0 Å². The Bertz CT molecular complexity index is 84.4. The van der Waals surface area contributed by atoms with Gasteiger partial charge < -0.3 is 5.11 Å². The zero-order valence-electron chi connectivity index (χ0n) is 4.40. The van der Waals surface area contributed by atoms with Crippen LogP contribution >= 0.6 is 23.2 Å². The number of hydrogen-bond acceptors (Lipinski definition) is 1. The van der Waals surface area contributed by atoms with Crippen LogP contribution in [0.5, 0.6) is 0 Å². The monoisotopic (exact) mass is 154 g/mol. The summed E-state index contributed by atoms with van der Waals surface area (Å²) in [5.74, 6) is 0.352. The molecule has 0 aromatic rings. The third-order valence-electron chi connectivity index (χ3n) is 1.43. The zero-order valence-corrected chi connectivity index (χ0v) is 5.91. The van der Waals surface area contributed by atoms with E-state index in [0.717, 1.165) is 12.8 Å². The van der Waals surface area contributed by atoms with Crippen molar-refractivity contribution < 1.29 is 5.11 Å². The average molecular weight is 155 g/mol. The predicted octanol–water partition coefficient (Wildman–Crippen LogP) is 1.56. The molecule has 0 aromatic carbocycles. The van der Waals surface area contributed by atoms with Crippen molar-refractivity contribution in [1.29, 1.82) is 0 Å². The molecule has 0 aromatic heterocycles. The Morgan fingerprint density at radius 1 is 1.50 bits per heavy atom. The van der Waals surface area contributed by atoms with Crippen LogP contribution in [0.1, 0.15) is 12.8 Å². The van der Waals surface area contributed by atoms with Gasteiger partial charge >= 0.3 is 0 Å². The normalized spacial score (nSPS) is 27.4. The first-order valence-electron chi connectivity index (χ1n) is 2.63. The third-order valence-corrected chi connectivity index (χ3v) is 2.05. The minimum absolute atomic E-state index is 0.223. The summed E-state index contributed by atoms with van der Waals surface area (Å²) in [6, 6.07) is 0. The van der Waals surface area contributed by atoms with E-state index in [0.29, 0.717) is 5.92 Å². The summed E-state index contributed by atoms with van der Waals surface area (Å²) in [6.07, 6.45) is 1.49. The molecule has 1 nitrogen and oxygen atoms in total. The lowest BCUT2D eigenvalue weighted by molar-refractivity contribution is 0.154. The fourth-order valence-corrected chi connectivity index (χ4v) is 1.79. The van der Waals surface area contributed by atoms with Crippen molar-refractivity contribution in [2.24, 2.45) is 5.92 Å². The summed E-state index contributed by atoms with van der Waals surface area (Å²) < 4.78 is -0.520. The summed E-state index contributed by atoms with van der Waals surface area (Å²) in [5, 5.41) is 8.50. The van der Waals surface area contributed by atoms with E-state index in [4.69, 9.17) is 28.3 Å². The molecule has 3 heteroatoms. The van der Waals surface area contributed by atoms with E-state index in [-0.39, 0.29) is 6.61 Å². The SMILES string of the molecule is OCC1CC(Cl)(Cl)C1. The van der Waals surface area contributed by atoms with Gasteiger partial charge in [-0.1, -0.05) is 0 Å². The van der Waals surface area contributed by atoms with Gasteiger partial charge in [0.25, 0.3) is 0 Å². The van der Waals surface area contributed by atoms with Crippen LogP contribution in [0.15, 0.2) is 0 Å². The molecule has 0 saturated heterocycles. The smallest absolute Gasteiger partial charge is 0.119 e. The van der Waals surface area contributed by atoms with Gasteiger partial charge in [-0.3, -0.25) is 0 Å². The van der Waals surface area contributed by atoms with E-state index < -0.39 is 4.33 Å². The molecule has 0 aliphatic heterocycles. The maximum atomic E-state index is 8.50. The minimum Gasteiger partial charge on any atom is -0.396 e. The van der Waals surface area contributed by atoms with Crippen LogP contribution in [0.25, 0.3) is 0 Å². The van der Waals surface area contributed by atoms with Crippen molar-refractivity contribution in [3.8, 4) is 0 Å². The van der Waals surface area contributed by atoms with Gasteiger partial charge in [-0.05, 0) is 18.8 Å². The molecule has 1 aliphatic rings. The largest absolute Gasteiger partial charge is 0.396 e. The van der Waals surface area contributed by atoms with Crippen molar-refractivity contribution in [2.75, 3.05) is 6.61 Å². The summed E-state index contributed by atoms with van der Waals surface area (Å²) in [6.45, 7) is 0.223. The molecular formula is C5H8Cl2O. The Morgan fingerprint density at radius 2 is 2.00 bits per heavy atom. The molecule has 0 heterocycles. The van der Waals surface area contributed by atoms with Crippen molar-refractivity contribution in [1.82, 2.24) is 0 Å². The minimum atomic E-state index is -0.520. The second-order valence-corrected chi connectivity index (χ2v) is 3.95. The summed E-state index contributed by atoms with van der Waals surface area (Å²) in [7, 11) is 0. The zero-order chi connectivity index (χ0) is 6.20. The molecule has 0 amide bonds. The molecule has 0 atom stereocenters. The van der Waals surface area contributed by atoms with Crippen LogP contribution in [0, 0.1) is 5.92 Å². The Morgan fingerprint density at radius 3 is 2.12 bits per heavy atom. The number of alkyl halides is 2. The van der Waals surface area contributed by atoms with Crippen LogP contribution in [0.2, 0.25) is 0 Å². The highest BCUT2D eigenvalue weighted by Crippen LogP contribution is 2.45. The Balaban J connectivity index is 2.21. The highest BCUT2D eigenvalue weighted by atomic mass is 35.5. The molecule has 1 aliphatic carbocycles. The van der Waals surface area contributed by atoms with Crippen molar-refractivity contribution in [3.05, 3.63) is 0 Å². The van der Waals surface area contributed by atoms with Gasteiger partial charge in [0, 0.05) is 6.61 Å². The first kappa shape index (κ1) is 6.66. The third kappa shape index (κ3) is 1.28. The molecule has 1 fully saturated rings. The highest BCUT2D eigenvalue weighted by molar-refractivity contribution is 6.49. The van der Waals surface area contributed by atoms with E-state index in [1.54, 1.807) is 0 Å². The number of hydrogen-bond donors (Lipinski definition) is 1. The average Bonchev–Trinajstić information content (AvgIpc) is 1.60. The van der Waals surface area contributed by atoms with Gasteiger partial charge in [0.2, 0.25) is 0 Å². The lowest BCUT2D eigenvalue weighted by atomic mass is 9.85. The molecule has 0 radical (unpaired) electrons. The molecule has 1 rings (SSSR count). The van der Waals surface area contributed by atoms with E-state index in [1.807, 2.05) is 0 Å². The standard InChI is InChI=1S/C5H8Cl2O/c6-5(7)1-4(2-5)3-8/h4,8H,1-3H2. The number of halogens is 2. The second kappa shape index (κ2) is 2.05. The first-order chi connectivity index (χ1) is 3.64. The lowest BCUT2D eigenvalue weighted by Gasteiger charge is -2.36. The van der Waals surface area contributed by atoms with Crippen LogP contribution in [0.3, 0.4) is 0 Å². The van der Waals surface area contributed by atoms with E-state index in [1.165, 1.54) is 0 Å². The van der Waals surface area contributed by atoms with Gasteiger partial charge in [0.15, 0.2) is 0 Å². The van der Waals surface area contributed by atoms with Crippen LogP contribution in [-0.4, -0.2) is 16.0 Å². The lowest BCUT2D eigenvalue weighted by Crippen LogP contribution is -2.35. The summed E-state index contributed by atoms with van der Waals surface area (Å²) in [4.78, 5) is 0. The maximum absolute atomic E-state index is 8.50. The van der Waals surface area contributed by atoms with E-state index >= 15 is 0 Å². The number of rotatable bonds is 1. The Kier molecular flexibility index (Phi) is 1.71. The second-order valence-electron chi connectivity index (χ2n) is 2.31. The first-order valence-corrected chi connectivity index (χ1v) is 3.38. The topological polar surface area (TPSA) is 20.2 Å². The quantitative estimate of drug-likeness (QED) is 0.569. The Hall–Kier alpha value is 0.540. The molecule has 0 unspecified atom stereocenters. The van der Waals surface area contributed by atoms with Gasteiger partial charge in [-0.2, -0.15) is 0 Å². The van der Waals surface area contributed by atoms with Gasteiger partial charge in [-0.25, -0.2) is 0 Å². The van der Waals surface area contributed by atoms with Crippen molar-refractivity contribution >= 4 is 23.2 Å². The molecule has 48 valence electrons. The van der Waals surface area contributed by atoms with Crippen LogP contribution < -0.4 is 0 Å². The molecule has 0 spiro atoms. The summed E-state index contributed by atoms with van der Waals surface area (Å²) in [5.41, 5.74) is 0. The van der Waals surface area contributed by atoms with Crippen molar-refractivity contribution in [3.63, 3.8) is 0 Å². The van der Waals surface area contributed by atoms with E-state index in [9.17, 15) is 0 Å². The van der Waals surface area contributed by atoms with Crippen LogP contribution in [0.4, 0.5) is 0 Å². The van der Waals surface area contributed by atoms with Crippen molar-refractivity contribution in [2.45, 2.75) is 17.2 Å². The van der Waals surface area contributed by atoms with E-state index in [2.05, 4.69) is 0 Å². The fraction of sp³-hybridized carbons (Fsp3) is 1.00. The van der Waals surface area contributed by atoms with Gasteiger partial charge in [0.1, 0.15) is 4.33 Å². The van der Waals surface area contributed by atoms with Gasteiger partial charge in [0.05, 0.1) is 0 Å². The molecule has 0 bridgehead atoms. The molecule has 8 heavy (non-hydrogen) atoms. The highest BCUT2D eigenvalue weighted by Gasteiger charge is 2.40. The van der Waals surface area contributed by atoms with Gasteiger partial charge in [-0.15, -0.1) is 23.2 Å². The number of aliphatic hydroxyl groups is 1. The summed E-state index contributed by atoms with van der Waals surface area (Å²) >= 11 is 11.3. The number of aliphatic hydroxyl groups excluding tert-OH is 1. The molecule has 1 N–H and O–H groups in total. The maximum Gasteiger partial charge on any atom is 0.119 e. The Labute approximate surface area is 58.6 Å². The molecular weight excluding hydrogens is 147 g/mol. The predicted molar refractivity (Wildman–Crippen MR) is 34.2 cm³/mol. The fourth-order valence-electron chi connectivity index (χ4n) is 0.914. The molecule has 1 saturated carbocycles.